The van der Waals surface area contributed by atoms with Crippen LogP contribution in [0.3, 0.4) is 0 Å². The van der Waals surface area contributed by atoms with Crippen molar-refractivity contribution in [2.45, 2.75) is 50.9 Å². The quantitative estimate of drug-likeness (QED) is 0.265. The standard InChI is InChI=1S/C30H38F4N6O/c1-39-12-3-13-40(15-14-39)27(11-8-20-6-7-20)22-9-10-24(31)25(17-22)38-29(41)26(18-28(36)30(32,33)34)37-23-5-2-4-21(16-23)19-35/h2,4-5,9-10,16-18,20,27H,3,6-8,11-15,19,35-36H2,1H3,(H,38,41). The minimum absolute atomic E-state index is 0.0336. The van der Waals surface area contributed by atoms with E-state index in [0.717, 1.165) is 51.0 Å². The zero-order valence-corrected chi connectivity index (χ0v) is 23.3. The van der Waals surface area contributed by atoms with Crippen LogP contribution in [0.15, 0.2) is 59.2 Å². The lowest BCUT2D eigenvalue weighted by molar-refractivity contribution is -0.110. The fraction of sp³-hybridized carbons (Fsp3) is 0.467. The van der Waals surface area contributed by atoms with E-state index in [2.05, 4.69) is 27.2 Å². The molecule has 2 fully saturated rings. The maximum Gasteiger partial charge on any atom is 0.430 e. The topological polar surface area (TPSA) is 100.0 Å². The summed E-state index contributed by atoms with van der Waals surface area (Å²) in [7, 11) is 2.10. The zero-order chi connectivity index (χ0) is 29.6. The molecular weight excluding hydrogens is 536 g/mol. The Morgan fingerprint density at radius 3 is 2.63 bits per heavy atom. The van der Waals surface area contributed by atoms with Crippen LogP contribution in [0.25, 0.3) is 0 Å². The number of anilines is 1. The van der Waals surface area contributed by atoms with Crippen LogP contribution < -0.4 is 16.8 Å². The molecule has 0 bridgehead atoms. The van der Waals surface area contributed by atoms with Crippen molar-refractivity contribution in [2.75, 3.05) is 38.5 Å². The van der Waals surface area contributed by atoms with Gasteiger partial charge >= 0.3 is 6.18 Å². The summed E-state index contributed by atoms with van der Waals surface area (Å²) < 4.78 is 54.8. The van der Waals surface area contributed by atoms with Crippen LogP contribution in [-0.4, -0.2) is 60.8 Å². The van der Waals surface area contributed by atoms with Crippen LogP contribution in [0.5, 0.6) is 0 Å². The van der Waals surface area contributed by atoms with Crippen LogP contribution >= 0.6 is 0 Å². The molecule has 1 aliphatic heterocycles. The van der Waals surface area contributed by atoms with Gasteiger partial charge in [0, 0.05) is 32.2 Å². The van der Waals surface area contributed by atoms with Gasteiger partial charge in [0.05, 0.1) is 11.4 Å². The number of likely N-dealkylation sites (N-methyl/N-ethyl adjacent to an activating group) is 1. The number of carbonyl (C=O) groups excluding carboxylic acids is 1. The number of benzene rings is 2. The molecule has 4 rings (SSSR count). The first kappa shape index (κ1) is 30.7. The molecule has 41 heavy (non-hydrogen) atoms. The van der Waals surface area contributed by atoms with E-state index in [1.165, 1.54) is 25.0 Å². The molecule has 1 saturated carbocycles. The molecule has 222 valence electrons. The summed E-state index contributed by atoms with van der Waals surface area (Å²) in [5, 5.41) is 2.45. The molecule has 1 amide bonds. The van der Waals surface area contributed by atoms with Crippen molar-refractivity contribution >= 4 is 23.0 Å². The molecule has 1 aliphatic carbocycles. The molecule has 1 heterocycles. The van der Waals surface area contributed by atoms with Gasteiger partial charge in [-0.05, 0) is 80.2 Å². The van der Waals surface area contributed by atoms with Gasteiger partial charge in [-0.3, -0.25) is 9.69 Å². The van der Waals surface area contributed by atoms with Gasteiger partial charge in [0.1, 0.15) is 17.2 Å². The highest BCUT2D eigenvalue weighted by Gasteiger charge is 2.33. The predicted molar refractivity (Wildman–Crippen MR) is 153 cm³/mol. The van der Waals surface area contributed by atoms with E-state index < -0.39 is 29.3 Å². The number of nitrogens with one attached hydrogen (secondary N) is 1. The van der Waals surface area contributed by atoms with E-state index in [4.69, 9.17) is 11.5 Å². The Morgan fingerprint density at radius 2 is 1.93 bits per heavy atom. The highest BCUT2D eigenvalue weighted by molar-refractivity contribution is 6.47. The number of hydrogen-bond donors (Lipinski definition) is 3. The summed E-state index contributed by atoms with van der Waals surface area (Å²) in [6.07, 6.45) is 1.02. The maximum atomic E-state index is 15.0. The highest BCUT2D eigenvalue weighted by atomic mass is 19.4. The third-order valence-corrected chi connectivity index (χ3v) is 7.61. The van der Waals surface area contributed by atoms with Gasteiger partial charge in [-0.25, -0.2) is 9.38 Å². The van der Waals surface area contributed by atoms with Gasteiger partial charge in [0.15, 0.2) is 0 Å². The van der Waals surface area contributed by atoms with Gasteiger partial charge in [0.2, 0.25) is 0 Å². The summed E-state index contributed by atoms with van der Waals surface area (Å²) in [6, 6.07) is 11.1. The van der Waals surface area contributed by atoms with Crippen molar-refractivity contribution in [2.24, 2.45) is 22.4 Å². The number of nitrogens with zero attached hydrogens (tertiary/aromatic N) is 3. The van der Waals surface area contributed by atoms with E-state index in [-0.39, 0.29) is 24.0 Å². The number of halogens is 4. The fourth-order valence-corrected chi connectivity index (χ4v) is 5.04. The van der Waals surface area contributed by atoms with Crippen LogP contribution in [-0.2, 0) is 11.3 Å². The smallest absolute Gasteiger partial charge is 0.395 e. The molecule has 11 heteroatoms. The monoisotopic (exact) mass is 574 g/mol. The molecule has 2 aliphatic rings. The summed E-state index contributed by atoms with van der Waals surface area (Å²) in [4.78, 5) is 22.1. The molecule has 2 aromatic carbocycles. The van der Waals surface area contributed by atoms with E-state index >= 15 is 4.39 Å². The lowest BCUT2D eigenvalue weighted by Crippen LogP contribution is -2.33. The first-order chi connectivity index (χ1) is 19.5. The fourth-order valence-electron chi connectivity index (χ4n) is 5.04. The zero-order valence-electron chi connectivity index (χ0n) is 23.3. The average Bonchev–Trinajstić information content (AvgIpc) is 3.78. The van der Waals surface area contributed by atoms with Gasteiger partial charge in [-0.15, -0.1) is 0 Å². The lowest BCUT2D eigenvalue weighted by Gasteiger charge is -2.31. The van der Waals surface area contributed by atoms with E-state index in [1.54, 1.807) is 30.3 Å². The summed E-state index contributed by atoms with van der Waals surface area (Å²) in [5.41, 5.74) is 10.4. The average molecular weight is 575 g/mol. The first-order valence-corrected chi connectivity index (χ1v) is 14.0. The predicted octanol–water partition coefficient (Wildman–Crippen LogP) is 5.27. The molecular formula is C30H38F4N6O. The first-order valence-electron chi connectivity index (χ1n) is 14.0. The number of alkyl halides is 3. The van der Waals surface area contributed by atoms with E-state index in [0.29, 0.717) is 17.6 Å². The molecule has 7 nitrogen and oxygen atoms in total. The Hall–Kier alpha value is -3.28. The SMILES string of the molecule is CN1CCCN(C(CCC2CC2)c2ccc(F)c(NC(=O)C(C=C(N)C(F)(F)F)=Nc3cccc(CN)c3)c2)CC1. The van der Waals surface area contributed by atoms with Gasteiger partial charge < -0.3 is 21.7 Å². The maximum absolute atomic E-state index is 15.0. The summed E-state index contributed by atoms with van der Waals surface area (Å²) in [6.45, 7) is 3.87. The Balaban J connectivity index is 1.63. The molecule has 0 aromatic heterocycles. The molecule has 2 aromatic rings. The largest absolute Gasteiger partial charge is 0.430 e. The van der Waals surface area contributed by atoms with Crippen molar-refractivity contribution in [3.63, 3.8) is 0 Å². The Bertz CT molecular complexity index is 1270. The van der Waals surface area contributed by atoms with Crippen LogP contribution in [0.4, 0.5) is 28.9 Å². The van der Waals surface area contributed by atoms with Crippen molar-refractivity contribution < 1.29 is 22.4 Å². The Labute approximate surface area is 238 Å². The third-order valence-electron chi connectivity index (χ3n) is 7.61. The van der Waals surface area contributed by atoms with Crippen molar-refractivity contribution in [3.8, 4) is 0 Å². The van der Waals surface area contributed by atoms with E-state index in [1.807, 2.05) is 0 Å². The highest BCUT2D eigenvalue weighted by Crippen LogP contribution is 2.38. The summed E-state index contributed by atoms with van der Waals surface area (Å²) in [5.74, 6) is -0.998. The van der Waals surface area contributed by atoms with E-state index in [9.17, 15) is 18.0 Å². The van der Waals surface area contributed by atoms with Crippen molar-refractivity contribution in [1.29, 1.82) is 0 Å². The second kappa shape index (κ2) is 13.6. The second-order valence-corrected chi connectivity index (χ2v) is 10.9. The number of hydrogen-bond acceptors (Lipinski definition) is 6. The van der Waals surface area contributed by atoms with Gasteiger partial charge in [0.25, 0.3) is 5.91 Å². The number of rotatable bonds is 10. The molecule has 1 saturated heterocycles. The van der Waals surface area contributed by atoms with Gasteiger partial charge in [-0.2, -0.15) is 13.2 Å². The number of nitrogens with two attached hydrogens (primary N) is 2. The normalized spacial score (nSPS) is 18.7. The van der Waals surface area contributed by atoms with Crippen LogP contribution in [0.2, 0.25) is 0 Å². The van der Waals surface area contributed by atoms with Crippen molar-refractivity contribution in [1.82, 2.24) is 9.80 Å². The number of allylic oxidation sites excluding steroid dienone is 1. The summed E-state index contributed by atoms with van der Waals surface area (Å²) >= 11 is 0. The van der Waals surface area contributed by atoms with Crippen molar-refractivity contribution in [3.05, 3.63) is 71.2 Å². The molecule has 5 N–H and O–H groups in total. The minimum atomic E-state index is -4.87. The number of carbonyl (C=O) groups is 1. The minimum Gasteiger partial charge on any atom is -0.395 e. The molecule has 1 unspecified atom stereocenters. The van der Waals surface area contributed by atoms with Crippen LogP contribution in [0, 0.1) is 11.7 Å². The number of amides is 1. The van der Waals surface area contributed by atoms with Gasteiger partial charge in [-0.1, -0.05) is 31.0 Å². The van der Waals surface area contributed by atoms with Crippen LogP contribution in [0.1, 0.15) is 49.3 Å². The molecule has 0 radical (unpaired) electrons. The Kier molecular flexibility index (Phi) is 10.2. The Morgan fingerprint density at radius 1 is 1.15 bits per heavy atom. The molecule has 1 atom stereocenters. The third kappa shape index (κ3) is 8.85. The molecule has 0 spiro atoms. The number of aliphatic imine (C=N–C) groups is 1. The lowest BCUT2D eigenvalue weighted by atomic mass is 9.97. The second-order valence-electron chi connectivity index (χ2n) is 10.9.